The van der Waals surface area contributed by atoms with Crippen LogP contribution in [-0.2, 0) is 11.2 Å². The van der Waals surface area contributed by atoms with Crippen LogP contribution in [0.15, 0.2) is 42.5 Å². The van der Waals surface area contributed by atoms with Gasteiger partial charge in [0.05, 0.1) is 5.56 Å². The maximum absolute atomic E-state index is 13.6. The Hall–Kier alpha value is -2.03. The zero-order valence-corrected chi connectivity index (χ0v) is 14.0. The molecule has 2 rings (SSSR count). The molecule has 7 heteroatoms. The lowest BCUT2D eigenvalue weighted by atomic mass is 10.0. The zero-order valence-electron chi connectivity index (χ0n) is 11.9. The largest absolute Gasteiger partial charge is 0.368 e. The Morgan fingerprint density at radius 1 is 1.13 bits per heavy atom. The molecular weight excluding hydrogens is 417 g/mol. The molecule has 0 aromatic heterocycles. The minimum absolute atomic E-state index is 0.181. The Balaban J connectivity index is 2.14. The molecule has 3 N–H and O–H groups in total. The summed E-state index contributed by atoms with van der Waals surface area (Å²) in [5.41, 5.74) is 5.75. The molecule has 120 valence electrons. The van der Waals surface area contributed by atoms with Crippen molar-refractivity contribution in [2.45, 2.75) is 12.5 Å². The molecule has 0 radical (unpaired) electrons. The number of nitrogens with one attached hydrogen (secondary N) is 1. The molecule has 0 bridgehead atoms. The van der Waals surface area contributed by atoms with Crippen LogP contribution < -0.4 is 11.1 Å². The highest BCUT2D eigenvalue weighted by molar-refractivity contribution is 14.1. The maximum Gasteiger partial charge on any atom is 0.254 e. The van der Waals surface area contributed by atoms with Gasteiger partial charge in [-0.3, -0.25) is 9.59 Å². The standard InChI is InChI=1S/C16H13F2IN2O2/c17-10-3-6-12(13(18)8-10)16(23)21-14(15(20)22)7-9-1-4-11(19)5-2-9/h1-6,8,14H,7H2,(H2,20,22)(H,21,23)/t14-/m1/s1. The summed E-state index contributed by atoms with van der Waals surface area (Å²) < 4.78 is 27.5. The van der Waals surface area contributed by atoms with Crippen LogP contribution >= 0.6 is 22.6 Å². The number of primary amides is 1. The SMILES string of the molecule is NC(=O)[C@@H](Cc1ccc(I)cc1)NC(=O)c1ccc(F)cc1F. The van der Waals surface area contributed by atoms with Crippen molar-refractivity contribution in [1.82, 2.24) is 5.32 Å². The molecule has 0 saturated heterocycles. The maximum atomic E-state index is 13.6. The molecule has 4 nitrogen and oxygen atoms in total. The van der Waals surface area contributed by atoms with Crippen molar-refractivity contribution < 1.29 is 18.4 Å². The predicted octanol–water partition coefficient (Wildman–Crippen LogP) is 2.40. The molecule has 0 fully saturated rings. The minimum atomic E-state index is -1.00. The van der Waals surface area contributed by atoms with Crippen molar-refractivity contribution in [3.8, 4) is 0 Å². The lowest BCUT2D eigenvalue weighted by Crippen LogP contribution is -2.46. The average molecular weight is 430 g/mol. The van der Waals surface area contributed by atoms with Gasteiger partial charge in [-0.1, -0.05) is 12.1 Å². The first-order valence-electron chi connectivity index (χ1n) is 6.66. The molecule has 0 saturated carbocycles. The van der Waals surface area contributed by atoms with Gasteiger partial charge >= 0.3 is 0 Å². The molecule has 0 aliphatic rings. The highest BCUT2D eigenvalue weighted by Crippen LogP contribution is 2.12. The van der Waals surface area contributed by atoms with Crippen LogP contribution in [-0.4, -0.2) is 17.9 Å². The number of carbonyl (C=O) groups excluding carboxylic acids is 2. The van der Waals surface area contributed by atoms with Gasteiger partial charge in [-0.05, 0) is 52.4 Å². The van der Waals surface area contributed by atoms with Gasteiger partial charge < -0.3 is 11.1 Å². The van der Waals surface area contributed by atoms with Crippen LogP contribution in [0.2, 0.25) is 0 Å². The van der Waals surface area contributed by atoms with Crippen LogP contribution in [0.25, 0.3) is 0 Å². The first kappa shape index (κ1) is 17.3. The Labute approximate surface area is 145 Å². The number of nitrogens with two attached hydrogens (primary N) is 1. The van der Waals surface area contributed by atoms with E-state index < -0.39 is 29.5 Å². The summed E-state index contributed by atoms with van der Waals surface area (Å²) in [6, 6.07) is 8.93. The fraction of sp³-hybridized carbons (Fsp3) is 0.125. The number of hydrogen-bond donors (Lipinski definition) is 2. The molecule has 0 unspecified atom stereocenters. The highest BCUT2D eigenvalue weighted by atomic mass is 127. The third kappa shape index (κ3) is 4.72. The summed E-state index contributed by atoms with van der Waals surface area (Å²) in [7, 11) is 0. The predicted molar refractivity (Wildman–Crippen MR) is 89.7 cm³/mol. The molecule has 2 aromatic carbocycles. The summed E-state index contributed by atoms with van der Waals surface area (Å²) >= 11 is 2.14. The van der Waals surface area contributed by atoms with Gasteiger partial charge in [0.25, 0.3) is 5.91 Å². The molecule has 1 atom stereocenters. The van der Waals surface area contributed by atoms with Crippen LogP contribution in [0.4, 0.5) is 8.78 Å². The third-order valence-electron chi connectivity index (χ3n) is 3.18. The van der Waals surface area contributed by atoms with Gasteiger partial charge in [0, 0.05) is 16.1 Å². The van der Waals surface area contributed by atoms with Gasteiger partial charge in [-0.15, -0.1) is 0 Å². The second-order valence-corrected chi connectivity index (χ2v) is 6.13. The van der Waals surface area contributed by atoms with Gasteiger partial charge in [0.15, 0.2) is 0 Å². The Morgan fingerprint density at radius 2 is 1.78 bits per heavy atom. The first-order valence-corrected chi connectivity index (χ1v) is 7.74. The van der Waals surface area contributed by atoms with Crippen LogP contribution in [0, 0.1) is 15.2 Å². The summed E-state index contributed by atoms with van der Waals surface area (Å²) in [6.45, 7) is 0. The van der Waals surface area contributed by atoms with E-state index in [1.807, 2.05) is 24.3 Å². The van der Waals surface area contributed by atoms with Gasteiger partial charge in [-0.2, -0.15) is 0 Å². The fourth-order valence-electron chi connectivity index (χ4n) is 1.99. The first-order chi connectivity index (χ1) is 10.9. The summed E-state index contributed by atoms with van der Waals surface area (Å²) in [6.07, 6.45) is 0.181. The minimum Gasteiger partial charge on any atom is -0.368 e. The van der Waals surface area contributed by atoms with Crippen LogP contribution in [0.5, 0.6) is 0 Å². The Kier molecular flexibility index (Phi) is 5.64. The number of hydrogen-bond acceptors (Lipinski definition) is 2. The third-order valence-corrected chi connectivity index (χ3v) is 3.90. The van der Waals surface area contributed by atoms with Crippen LogP contribution in [0.1, 0.15) is 15.9 Å². The number of amides is 2. The lowest BCUT2D eigenvalue weighted by molar-refractivity contribution is -0.119. The van der Waals surface area contributed by atoms with Crippen molar-refractivity contribution in [2.75, 3.05) is 0 Å². The van der Waals surface area contributed by atoms with E-state index in [0.717, 1.165) is 21.3 Å². The second kappa shape index (κ2) is 7.49. The number of halogens is 3. The monoisotopic (exact) mass is 430 g/mol. The number of carbonyl (C=O) groups is 2. The van der Waals surface area contributed by atoms with Gasteiger partial charge in [0.1, 0.15) is 17.7 Å². The molecular formula is C16H13F2IN2O2. The molecule has 2 amide bonds. The van der Waals surface area contributed by atoms with E-state index >= 15 is 0 Å². The zero-order chi connectivity index (χ0) is 17.0. The molecule has 0 aliphatic heterocycles. The van der Waals surface area contributed by atoms with Crippen molar-refractivity contribution >= 4 is 34.4 Å². The smallest absolute Gasteiger partial charge is 0.254 e. The van der Waals surface area contributed by atoms with E-state index in [4.69, 9.17) is 5.73 Å². The Morgan fingerprint density at radius 3 is 2.35 bits per heavy atom. The van der Waals surface area contributed by atoms with Crippen molar-refractivity contribution in [3.05, 3.63) is 68.8 Å². The number of rotatable bonds is 5. The van der Waals surface area contributed by atoms with E-state index in [2.05, 4.69) is 27.9 Å². The van der Waals surface area contributed by atoms with Gasteiger partial charge in [0.2, 0.25) is 5.91 Å². The molecule has 2 aromatic rings. The molecule has 0 heterocycles. The quantitative estimate of drug-likeness (QED) is 0.716. The van der Waals surface area contributed by atoms with E-state index in [0.29, 0.717) is 6.07 Å². The van der Waals surface area contributed by atoms with E-state index in [1.165, 1.54) is 0 Å². The van der Waals surface area contributed by atoms with Crippen molar-refractivity contribution in [1.29, 1.82) is 0 Å². The van der Waals surface area contributed by atoms with E-state index in [-0.39, 0.29) is 12.0 Å². The molecule has 0 aliphatic carbocycles. The average Bonchev–Trinajstić information content (AvgIpc) is 2.48. The second-order valence-electron chi connectivity index (χ2n) is 4.88. The normalized spacial score (nSPS) is 11.8. The van der Waals surface area contributed by atoms with Crippen molar-refractivity contribution in [2.24, 2.45) is 5.73 Å². The van der Waals surface area contributed by atoms with Gasteiger partial charge in [-0.25, -0.2) is 8.78 Å². The number of benzene rings is 2. The summed E-state index contributed by atoms with van der Waals surface area (Å²) in [5, 5.41) is 2.38. The van der Waals surface area contributed by atoms with Crippen molar-refractivity contribution in [3.63, 3.8) is 0 Å². The Bertz CT molecular complexity index is 735. The lowest BCUT2D eigenvalue weighted by Gasteiger charge is -2.16. The summed E-state index contributed by atoms with van der Waals surface area (Å²) in [4.78, 5) is 23.6. The molecule has 0 spiro atoms. The fourth-order valence-corrected chi connectivity index (χ4v) is 2.35. The van der Waals surface area contributed by atoms with E-state index in [1.54, 1.807) is 0 Å². The van der Waals surface area contributed by atoms with E-state index in [9.17, 15) is 18.4 Å². The van der Waals surface area contributed by atoms with Crippen LogP contribution in [0.3, 0.4) is 0 Å². The summed E-state index contributed by atoms with van der Waals surface area (Å²) in [5.74, 6) is -3.35. The topological polar surface area (TPSA) is 72.2 Å². The highest BCUT2D eigenvalue weighted by Gasteiger charge is 2.21. The molecule has 23 heavy (non-hydrogen) atoms.